The number of nitrogens with one attached hydrogen (secondary N) is 3. The smallest absolute Gasteiger partial charge is 0.251 e. The van der Waals surface area contributed by atoms with E-state index in [0.717, 1.165) is 36.8 Å². The van der Waals surface area contributed by atoms with Gasteiger partial charge in [-0.3, -0.25) is 9.79 Å². The third-order valence-corrected chi connectivity index (χ3v) is 4.85. The molecule has 7 heteroatoms. The molecule has 0 fully saturated rings. The first-order chi connectivity index (χ1) is 13.2. The summed E-state index contributed by atoms with van der Waals surface area (Å²) in [7, 11) is 1.64. The molecule has 0 spiro atoms. The summed E-state index contributed by atoms with van der Waals surface area (Å²) in [5.74, 6) is 1.74. The van der Waals surface area contributed by atoms with Crippen molar-refractivity contribution in [1.82, 2.24) is 16.0 Å². The van der Waals surface area contributed by atoms with E-state index in [4.69, 9.17) is 0 Å². The molecule has 0 heterocycles. The van der Waals surface area contributed by atoms with Crippen LogP contribution in [-0.2, 0) is 6.42 Å². The number of carbonyl (C=O) groups excluding carboxylic acids is 1. The van der Waals surface area contributed by atoms with Gasteiger partial charge in [0.1, 0.15) is 0 Å². The third kappa shape index (κ3) is 8.97. The summed E-state index contributed by atoms with van der Waals surface area (Å²) >= 11 is 1.82. The molecule has 0 unspecified atom stereocenters. The van der Waals surface area contributed by atoms with Gasteiger partial charge in [0.25, 0.3) is 5.91 Å². The summed E-state index contributed by atoms with van der Waals surface area (Å²) in [5.41, 5.74) is 1.79. The van der Waals surface area contributed by atoms with Crippen molar-refractivity contribution in [1.29, 1.82) is 0 Å². The summed E-state index contributed by atoms with van der Waals surface area (Å²) < 4.78 is 0. The molecule has 2 aromatic rings. The van der Waals surface area contributed by atoms with Crippen LogP contribution in [0.25, 0.3) is 0 Å². The van der Waals surface area contributed by atoms with E-state index >= 15 is 0 Å². The van der Waals surface area contributed by atoms with Crippen LogP contribution >= 0.6 is 35.7 Å². The van der Waals surface area contributed by atoms with E-state index in [-0.39, 0.29) is 29.9 Å². The lowest BCUT2D eigenvalue weighted by atomic mass is 10.1. The highest BCUT2D eigenvalue weighted by Gasteiger charge is 2.03. The van der Waals surface area contributed by atoms with Crippen molar-refractivity contribution in [2.45, 2.75) is 18.2 Å². The van der Waals surface area contributed by atoms with Crippen LogP contribution in [0.3, 0.4) is 0 Å². The minimum Gasteiger partial charge on any atom is -0.357 e. The quantitative estimate of drug-likeness (QED) is 0.158. The number of halogens is 1. The molecule has 0 saturated heterocycles. The number of carbonyl (C=O) groups is 1. The lowest BCUT2D eigenvalue weighted by Crippen LogP contribution is -2.38. The molecule has 0 atom stereocenters. The highest BCUT2D eigenvalue weighted by molar-refractivity contribution is 14.0. The topological polar surface area (TPSA) is 65.5 Å². The highest BCUT2D eigenvalue weighted by Crippen LogP contribution is 2.15. The molecule has 0 bridgehead atoms. The van der Waals surface area contributed by atoms with Crippen molar-refractivity contribution in [3.8, 4) is 0 Å². The molecule has 1 amide bonds. The van der Waals surface area contributed by atoms with Gasteiger partial charge >= 0.3 is 0 Å². The first-order valence-corrected chi connectivity index (χ1v) is 10.2. The van der Waals surface area contributed by atoms with Gasteiger partial charge in [-0.05, 0) is 43.2 Å². The average molecular weight is 512 g/mol. The zero-order valence-electron chi connectivity index (χ0n) is 16.4. The van der Waals surface area contributed by atoms with Crippen LogP contribution in [0.1, 0.15) is 22.8 Å². The monoisotopic (exact) mass is 512 g/mol. The number of benzene rings is 2. The van der Waals surface area contributed by atoms with Crippen LogP contribution in [0.5, 0.6) is 0 Å². The molecule has 3 N–H and O–H groups in total. The molecule has 0 aromatic heterocycles. The minimum atomic E-state index is -0.0636. The molecule has 28 heavy (non-hydrogen) atoms. The number of thioether (sulfide) groups is 1. The lowest BCUT2D eigenvalue weighted by molar-refractivity contribution is 0.0963. The van der Waals surface area contributed by atoms with Gasteiger partial charge in [-0.2, -0.15) is 0 Å². The molecule has 5 nitrogen and oxygen atoms in total. The minimum absolute atomic E-state index is 0. The van der Waals surface area contributed by atoms with E-state index < -0.39 is 0 Å². The van der Waals surface area contributed by atoms with Gasteiger partial charge in [0.05, 0.1) is 0 Å². The van der Waals surface area contributed by atoms with Crippen LogP contribution in [0.2, 0.25) is 0 Å². The number of aliphatic imine (C=N–C) groups is 1. The number of hydrogen-bond acceptors (Lipinski definition) is 3. The Balaban J connectivity index is 0.00000392. The summed E-state index contributed by atoms with van der Waals surface area (Å²) in [6.45, 7) is 4.39. The van der Waals surface area contributed by atoms with Gasteiger partial charge in [-0.1, -0.05) is 30.3 Å². The molecule has 0 aliphatic heterocycles. The summed E-state index contributed by atoms with van der Waals surface area (Å²) in [6.07, 6.45) is 0.792. The number of hydrogen-bond donors (Lipinski definition) is 3. The summed E-state index contributed by atoms with van der Waals surface area (Å²) in [5, 5.41) is 9.29. The fourth-order valence-electron chi connectivity index (χ4n) is 2.51. The maximum atomic E-state index is 11.7. The number of amides is 1. The first kappa shape index (κ1) is 24.3. The van der Waals surface area contributed by atoms with Gasteiger partial charge in [0.15, 0.2) is 5.96 Å². The van der Waals surface area contributed by atoms with Crippen molar-refractivity contribution < 1.29 is 4.79 Å². The van der Waals surface area contributed by atoms with Crippen molar-refractivity contribution in [2.24, 2.45) is 4.99 Å². The molecular weight excluding hydrogens is 483 g/mol. The Morgan fingerprint density at radius 1 is 1.07 bits per heavy atom. The maximum Gasteiger partial charge on any atom is 0.251 e. The third-order valence-electron chi connectivity index (χ3n) is 3.84. The van der Waals surface area contributed by atoms with Crippen LogP contribution < -0.4 is 16.0 Å². The fraction of sp³-hybridized carbons (Fsp3) is 0.333. The zero-order chi connectivity index (χ0) is 19.3. The van der Waals surface area contributed by atoms with E-state index in [2.05, 4.69) is 52.1 Å². The normalized spacial score (nSPS) is 10.7. The van der Waals surface area contributed by atoms with Crippen molar-refractivity contribution in [2.75, 3.05) is 32.4 Å². The maximum absolute atomic E-state index is 11.7. The number of nitrogens with zero attached hydrogens (tertiary/aromatic N) is 1. The molecule has 152 valence electrons. The number of rotatable bonds is 9. The van der Waals surface area contributed by atoms with Gasteiger partial charge in [-0.25, -0.2) is 0 Å². The molecule has 0 saturated carbocycles. The van der Waals surface area contributed by atoms with Crippen molar-refractivity contribution >= 4 is 47.6 Å². The van der Waals surface area contributed by atoms with Crippen molar-refractivity contribution in [3.05, 3.63) is 65.7 Å². The molecule has 0 aliphatic rings. The Hall–Kier alpha value is -1.74. The van der Waals surface area contributed by atoms with E-state index in [1.54, 1.807) is 7.05 Å². The molecule has 0 radical (unpaired) electrons. The van der Waals surface area contributed by atoms with Crippen LogP contribution in [0.15, 0.2) is 64.5 Å². The Morgan fingerprint density at radius 2 is 1.86 bits per heavy atom. The second-order valence-electron chi connectivity index (χ2n) is 5.88. The standard InChI is InChI=1S/C21H28N4OS.HI/c1-3-23-21(25-14-15-27-19-10-5-4-6-11-19)24-13-12-17-8-7-9-18(16-17)20(26)22-2;/h4-11,16H,3,12-15H2,1-2H3,(H,22,26)(H2,23,24,25);1H. The molecule has 0 aliphatic carbocycles. The van der Waals surface area contributed by atoms with Gasteiger partial charge < -0.3 is 16.0 Å². The SMILES string of the molecule is CCNC(=NCCc1cccc(C(=O)NC)c1)NCCSc1ccccc1.I. The van der Waals surface area contributed by atoms with Crippen LogP contribution in [-0.4, -0.2) is 44.3 Å². The largest absolute Gasteiger partial charge is 0.357 e. The van der Waals surface area contributed by atoms with E-state index in [1.807, 2.05) is 42.1 Å². The van der Waals surface area contributed by atoms with Gasteiger partial charge in [0.2, 0.25) is 0 Å². The van der Waals surface area contributed by atoms with Crippen LogP contribution in [0.4, 0.5) is 0 Å². The lowest BCUT2D eigenvalue weighted by Gasteiger charge is -2.11. The van der Waals surface area contributed by atoms with Crippen molar-refractivity contribution in [3.63, 3.8) is 0 Å². The predicted molar refractivity (Wildman–Crippen MR) is 130 cm³/mol. The average Bonchev–Trinajstić information content (AvgIpc) is 2.71. The Bertz CT molecular complexity index is 740. The summed E-state index contributed by atoms with van der Waals surface area (Å²) in [4.78, 5) is 17.6. The van der Waals surface area contributed by atoms with Crippen LogP contribution in [0, 0.1) is 0 Å². The van der Waals surface area contributed by atoms with E-state index in [1.165, 1.54) is 4.90 Å². The predicted octanol–water partition coefficient (Wildman–Crippen LogP) is 3.55. The summed E-state index contributed by atoms with van der Waals surface area (Å²) in [6, 6.07) is 18.1. The molecule has 2 rings (SSSR count). The Kier molecular flexibility index (Phi) is 12.4. The number of guanidine groups is 1. The first-order valence-electron chi connectivity index (χ1n) is 9.24. The zero-order valence-corrected chi connectivity index (χ0v) is 19.6. The molecule has 2 aromatic carbocycles. The Morgan fingerprint density at radius 3 is 2.57 bits per heavy atom. The van der Waals surface area contributed by atoms with E-state index in [0.29, 0.717) is 12.1 Å². The van der Waals surface area contributed by atoms with E-state index in [9.17, 15) is 4.79 Å². The fourth-order valence-corrected chi connectivity index (χ4v) is 3.30. The highest BCUT2D eigenvalue weighted by atomic mass is 127. The van der Waals surface area contributed by atoms with Gasteiger partial charge in [0, 0.05) is 42.9 Å². The molecular formula is C21H29IN4OS. The Labute approximate surface area is 189 Å². The second-order valence-corrected chi connectivity index (χ2v) is 7.05. The van der Waals surface area contributed by atoms with Gasteiger partial charge in [-0.15, -0.1) is 35.7 Å². The second kappa shape index (κ2) is 14.3.